The number of ether oxygens (including phenoxy) is 1. The molecule has 1 aliphatic carbocycles. The number of aromatic nitrogens is 1. The maximum absolute atomic E-state index is 14.0. The zero-order chi connectivity index (χ0) is 30.2. The van der Waals surface area contributed by atoms with Crippen molar-refractivity contribution in [1.82, 2.24) is 14.8 Å². The van der Waals surface area contributed by atoms with Crippen molar-refractivity contribution >= 4 is 23.3 Å². The molecule has 1 fully saturated rings. The van der Waals surface area contributed by atoms with Crippen molar-refractivity contribution in [2.75, 3.05) is 19.6 Å². The molecule has 1 saturated heterocycles. The van der Waals surface area contributed by atoms with Crippen molar-refractivity contribution in [3.63, 3.8) is 0 Å². The molecule has 11 nitrogen and oxygen atoms in total. The van der Waals surface area contributed by atoms with E-state index < -0.39 is 34.3 Å². The standard InChI is InChI=1S/C31H31N3O8/c1-14-27(39)25(16(3)35)29-26(28(14)40)31(4)21(42-29)9-20(36)24(30(31)41)15(2)32-10-23(38)33-11-17-8-18(13-33)19-6-5-7-22(37)34(19)12-17/h5-7,9,17-18,32,39-40H,8,10-13H2,1-4H3/b24-15+/t17-,18+,31+/m0/s1. The molecule has 3 aliphatic heterocycles. The molecule has 0 saturated carbocycles. The van der Waals surface area contributed by atoms with Crippen molar-refractivity contribution in [1.29, 1.82) is 0 Å². The zero-order valence-corrected chi connectivity index (χ0v) is 23.7. The van der Waals surface area contributed by atoms with E-state index in [4.69, 9.17) is 4.74 Å². The lowest BCUT2D eigenvalue weighted by Gasteiger charge is -2.42. The average Bonchev–Trinajstić information content (AvgIpc) is 3.23. The number of nitrogens with zero attached hydrogens (tertiary/aromatic N) is 2. The van der Waals surface area contributed by atoms with Crippen LogP contribution in [0.1, 0.15) is 60.3 Å². The number of benzene rings is 1. The molecule has 4 aliphatic rings. The van der Waals surface area contributed by atoms with E-state index in [0.29, 0.717) is 19.6 Å². The molecule has 42 heavy (non-hydrogen) atoms. The molecule has 11 heteroatoms. The summed E-state index contributed by atoms with van der Waals surface area (Å²) < 4.78 is 7.58. The van der Waals surface area contributed by atoms with E-state index in [9.17, 15) is 34.2 Å². The van der Waals surface area contributed by atoms with Crippen molar-refractivity contribution in [3.8, 4) is 17.2 Å². The van der Waals surface area contributed by atoms with Crippen LogP contribution < -0.4 is 15.6 Å². The van der Waals surface area contributed by atoms with Gasteiger partial charge in [-0.3, -0.25) is 24.0 Å². The first-order valence-electron chi connectivity index (χ1n) is 13.9. The van der Waals surface area contributed by atoms with Crippen LogP contribution in [0.5, 0.6) is 17.2 Å². The van der Waals surface area contributed by atoms with Crippen molar-refractivity contribution in [2.24, 2.45) is 5.92 Å². The number of amides is 1. The summed E-state index contributed by atoms with van der Waals surface area (Å²) in [4.78, 5) is 66.8. The average molecular weight is 574 g/mol. The number of phenols is 2. The third-order valence-electron chi connectivity index (χ3n) is 9.10. The Labute approximate surface area is 241 Å². The molecule has 4 heterocycles. The summed E-state index contributed by atoms with van der Waals surface area (Å²) in [5.74, 6) is -2.88. The van der Waals surface area contributed by atoms with E-state index in [0.717, 1.165) is 18.2 Å². The number of nitrogens with one attached hydrogen (secondary N) is 1. The monoisotopic (exact) mass is 573 g/mol. The Morgan fingerprint density at radius 1 is 1.10 bits per heavy atom. The fourth-order valence-corrected chi connectivity index (χ4v) is 6.87. The highest BCUT2D eigenvalue weighted by atomic mass is 16.5. The van der Waals surface area contributed by atoms with Crippen LogP contribution in [0, 0.1) is 12.8 Å². The highest BCUT2D eigenvalue weighted by Gasteiger charge is 2.56. The van der Waals surface area contributed by atoms with Gasteiger partial charge in [0.05, 0.1) is 17.7 Å². The van der Waals surface area contributed by atoms with E-state index >= 15 is 0 Å². The van der Waals surface area contributed by atoms with Gasteiger partial charge < -0.3 is 29.7 Å². The first-order chi connectivity index (χ1) is 19.8. The summed E-state index contributed by atoms with van der Waals surface area (Å²) in [5, 5.41) is 24.4. The predicted molar refractivity (Wildman–Crippen MR) is 149 cm³/mol. The zero-order valence-electron chi connectivity index (χ0n) is 23.7. The van der Waals surface area contributed by atoms with E-state index in [2.05, 4.69) is 5.32 Å². The second kappa shape index (κ2) is 9.43. The minimum absolute atomic E-state index is 0.00683. The van der Waals surface area contributed by atoms with Crippen LogP contribution in [0.25, 0.3) is 0 Å². The van der Waals surface area contributed by atoms with Crippen LogP contribution in [0.3, 0.4) is 0 Å². The number of hydrogen-bond donors (Lipinski definition) is 3. The Morgan fingerprint density at radius 3 is 2.55 bits per heavy atom. The van der Waals surface area contributed by atoms with E-state index in [-0.39, 0.29) is 69.3 Å². The lowest BCUT2D eigenvalue weighted by molar-refractivity contribution is -0.133. The topological polar surface area (TPSA) is 155 Å². The Bertz CT molecular complexity index is 1750. The lowest BCUT2D eigenvalue weighted by Crippen LogP contribution is -2.51. The third-order valence-corrected chi connectivity index (χ3v) is 9.10. The van der Waals surface area contributed by atoms with Gasteiger partial charge in [0.25, 0.3) is 5.56 Å². The largest absolute Gasteiger partial charge is 0.507 e. The fraction of sp³-hybridized carbons (Fsp3) is 0.387. The number of likely N-dealkylation sites (tertiary alicyclic amines) is 1. The molecule has 0 radical (unpaired) electrons. The summed E-state index contributed by atoms with van der Waals surface area (Å²) in [6.45, 7) is 7.06. The van der Waals surface area contributed by atoms with Crippen LogP contribution in [-0.4, -0.2) is 62.6 Å². The maximum Gasteiger partial charge on any atom is 0.250 e. The first kappa shape index (κ1) is 27.5. The highest BCUT2D eigenvalue weighted by Crippen LogP contribution is 2.57. The van der Waals surface area contributed by atoms with Gasteiger partial charge in [0.15, 0.2) is 17.3 Å². The van der Waals surface area contributed by atoms with Gasteiger partial charge >= 0.3 is 0 Å². The highest BCUT2D eigenvalue weighted by molar-refractivity contribution is 6.31. The number of allylic oxidation sites excluding steroid dienone is 4. The van der Waals surface area contributed by atoms with Crippen LogP contribution in [-0.2, 0) is 26.3 Å². The molecular formula is C31H31N3O8. The van der Waals surface area contributed by atoms with Gasteiger partial charge in [0, 0.05) is 54.6 Å². The minimum atomic E-state index is -1.63. The van der Waals surface area contributed by atoms with E-state index in [1.807, 2.05) is 6.07 Å². The molecule has 218 valence electrons. The minimum Gasteiger partial charge on any atom is -0.507 e. The second-order valence-electron chi connectivity index (χ2n) is 11.7. The smallest absolute Gasteiger partial charge is 0.250 e. The Kier molecular flexibility index (Phi) is 6.18. The van der Waals surface area contributed by atoms with E-state index in [1.54, 1.807) is 21.6 Å². The predicted octanol–water partition coefficient (Wildman–Crippen LogP) is 1.97. The van der Waals surface area contributed by atoms with E-state index in [1.165, 1.54) is 27.7 Å². The molecule has 1 aromatic heterocycles. The third kappa shape index (κ3) is 3.83. The van der Waals surface area contributed by atoms with Gasteiger partial charge in [0.1, 0.15) is 34.0 Å². The van der Waals surface area contributed by atoms with Crippen LogP contribution in [0.4, 0.5) is 0 Å². The molecule has 1 aromatic carbocycles. The molecule has 3 atom stereocenters. The number of ketones is 3. The van der Waals surface area contributed by atoms with Crippen LogP contribution in [0.2, 0.25) is 0 Å². The normalized spacial score (nSPS) is 25.1. The summed E-state index contributed by atoms with van der Waals surface area (Å²) in [7, 11) is 0. The molecule has 2 bridgehead atoms. The fourth-order valence-electron chi connectivity index (χ4n) is 6.87. The Morgan fingerprint density at radius 2 is 1.83 bits per heavy atom. The Hall–Kier alpha value is -4.67. The molecular weight excluding hydrogens is 542 g/mol. The van der Waals surface area contributed by atoms with Gasteiger partial charge in [-0.1, -0.05) is 6.07 Å². The van der Waals surface area contributed by atoms with Crippen molar-refractivity contribution in [2.45, 2.75) is 52.0 Å². The SMILES string of the molecule is CC(=O)c1c(O)c(C)c(O)c2c1OC1=CC(=O)/C(=C(/C)NCC(=O)N3C[C@@H]4C[C@H](C3)c3cccc(=O)n3C4)C(=O)[C@]12C. The van der Waals surface area contributed by atoms with Crippen molar-refractivity contribution in [3.05, 3.63) is 74.0 Å². The summed E-state index contributed by atoms with van der Waals surface area (Å²) in [6, 6.07) is 5.21. The summed E-state index contributed by atoms with van der Waals surface area (Å²) in [5.41, 5.74) is -0.896. The number of aromatic hydroxyl groups is 2. The molecule has 1 amide bonds. The molecule has 2 aromatic rings. The van der Waals surface area contributed by atoms with Gasteiger partial charge in [-0.25, -0.2) is 0 Å². The van der Waals surface area contributed by atoms with Gasteiger partial charge in [-0.05, 0) is 46.1 Å². The number of phenolic OH excluding ortho intramolecular Hbond substituents is 2. The number of carbonyl (C=O) groups excluding carboxylic acids is 4. The molecule has 0 spiro atoms. The Balaban J connectivity index is 1.26. The summed E-state index contributed by atoms with van der Waals surface area (Å²) >= 11 is 0. The van der Waals surface area contributed by atoms with Gasteiger partial charge in [-0.2, -0.15) is 0 Å². The number of Topliss-reactive ketones (excluding diaryl/α,β-unsaturated/α-hetero) is 2. The van der Waals surface area contributed by atoms with Gasteiger partial charge in [-0.15, -0.1) is 0 Å². The lowest BCUT2D eigenvalue weighted by atomic mass is 9.70. The number of rotatable bonds is 4. The summed E-state index contributed by atoms with van der Waals surface area (Å²) in [6.07, 6.45) is 2.05. The molecule has 6 rings (SSSR count). The first-order valence-corrected chi connectivity index (χ1v) is 13.9. The molecule has 3 N–H and O–H groups in total. The van der Waals surface area contributed by atoms with Gasteiger partial charge in [0.2, 0.25) is 5.91 Å². The van der Waals surface area contributed by atoms with Crippen molar-refractivity contribution < 1.29 is 34.1 Å². The quantitative estimate of drug-likeness (QED) is 0.283. The van der Waals surface area contributed by atoms with Crippen LogP contribution >= 0.6 is 0 Å². The number of carbonyl (C=O) groups is 4. The number of pyridine rings is 1. The van der Waals surface area contributed by atoms with Crippen LogP contribution in [0.15, 0.2) is 46.1 Å². The molecule has 0 unspecified atom stereocenters. The number of fused-ring (bicyclic) bond motifs is 7. The maximum atomic E-state index is 14.0. The second-order valence-corrected chi connectivity index (χ2v) is 11.7. The number of piperidine rings is 1. The number of hydrogen-bond acceptors (Lipinski definition) is 9.